The van der Waals surface area contributed by atoms with E-state index >= 15 is 0 Å². The van der Waals surface area contributed by atoms with E-state index in [2.05, 4.69) is 0 Å². The number of hydrogen-bond acceptors (Lipinski definition) is 6. The van der Waals surface area contributed by atoms with Gasteiger partial charge in [0.05, 0.1) is 12.3 Å². The van der Waals surface area contributed by atoms with Crippen molar-refractivity contribution in [2.75, 3.05) is 6.61 Å². The van der Waals surface area contributed by atoms with Gasteiger partial charge in [-0.1, -0.05) is 54.6 Å². The largest absolute Gasteiger partial charge is 0.462 e. The van der Waals surface area contributed by atoms with Crippen molar-refractivity contribution in [1.29, 1.82) is 0 Å². The lowest BCUT2D eigenvalue weighted by molar-refractivity contribution is -0.139. The molecule has 1 spiro atoms. The highest BCUT2D eigenvalue weighted by Gasteiger charge is 2.61. The molecule has 9 heteroatoms. The minimum Gasteiger partial charge on any atom is -0.462 e. The highest BCUT2D eigenvalue weighted by molar-refractivity contribution is 6.25. The number of nitrogens with two attached hydrogens (primary N) is 1. The Morgan fingerprint density at radius 3 is 2.35 bits per heavy atom. The Morgan fingerprint density at radius 1 is 0.941 bits per heavy atom. The number of para-hydroxylation sites is 1. The van der Waals surface area contributed by atoms with Crippen LogP contribution >= 0.6 is 0 Å². The molecule has 0 radical (unpaired) electrons. The summed E-state index contributed by atoms with van der Waals surface area (Å²) in [4.78, 5) is 54.7. The number of aromatic nitrogens is 3. The number of esters is 1. The van der Waals surface area contributed by atoms with E-state index in [4.69, 9.17) is 10.5 Å². The third-order valence-electron chi connectivity index (χ3n) is 6.47. The van der Waals surface area contributed by atoms with Gasteiger partial charge < -0.3 is 10.5 Å². The summed E-state index contributed by atoms with van der Waals surface area (Å²) in [6.45, 7) is 1.64. The fourth-order valence-corrected chi connectivity index (χ4v) is 5.20. The van der Waals surface area contributed by atoms with Crippen molar-refractivity contribution in [3.05, 3.63) is 104 Å². The normalized spacial score (nSPS) is 18.2. The molecule has 2 heterocycles. The molecular weight excluding hydrogens is 436 g/mol. The molecule has 168 valence electrons. The molecular formula is C25H18N4O5. The second-order valence-corrected chi connectivity index (χ2v) is 8.09. The van der Waals surface area contributed by atoms with Gasteiger partial charge in [-0.3, -0.25) is 4.79 Å². The van der Waals surface area contributed by atoms with Crippen molar-refractivity contribution >= 4 is 28.3 Å². The van der Waals surface area contributed by atoms with Gasteiger partial charge in [0.1, 0.15) is 11.4 Å². The number of benzene rings is 3. The molecule has 0 saturated heterocycles. The Bertz CT molecular complexity index is 1700. The highest BCUT2D eigenvalue weighted by atomic mass is 16.5. The number of carbonyl (C=O) groups is 2. The minimum atomic E-state index is -1.96. The molecule has 3 aromatic carbocycles. The maximum Gasteiger partial charge on any atom is 0.358 e. The lowest BCUT2D eigenvalue weighted by Gasteiger charge is -2.26. The summed E-state index contributed by atoms with van der Waals surface area (Å²) < 4.78 is 8.10. The van der Waals surface area contributed by atoms with Crippen LogP contribution in [0.25, 0.3) is 22.3 Å². The van der Waals surface area contributed by atoms with Gasteiger partial charge in [-0.15, -0.1) is 0 Å². The van der Waals surface area contributed by atoms with Crippen molar-refractivity contribution in [2.24, 2.45) is 5.73 Å². The average molecular weight is 454 g/mol. The van der Waals surface area contributed by atoms with E-state index in [1.165, 1.54) is 0 Å². The third kappa shape index (κ3) is 2.13. The number of fused-ring (bicyclic) bond motifs is 3. The molecule has 6 rings (SSSR count). The quantitative estimate of drug-likeness (QED) is 0.470. The number of hydrogen-bond donors (Lipinski definition) is 1. The van der Waals surface area contributed by atoms with Gasteiger partial charge in [0.25, 0.3) is 0 Å². The van der Waals surface area contributed by atoms with Gasteiger partial charge in [0.2, 0.25) is 5.78 Å². The van der Waals surface area contributed by atoms with Crippen LogP contribution in [0.1, 0.15) is 22.8 Å². The van der Waals surface area contributed by atoms with Crippen molar-refractivity contribution < 1.29 is 14.3 Å². The van der Waals surface area contributed by atoms with E-state index in [1.54, 1.807) is 61.5 Å². The second kappa shape index (κ2) is 6.67. The van der Waals surface area contributed by atoms with Crippen LogP contribution in [0.4, 0.5) is 0 Å². The van der Waals surface area contributed by atoms with E-state index < -0.39 is 28.7 Å². The summed E-state index contributed by atoms with van der Waals surface area (Å²) in [6, 6.07) is 18.8. The molecule has 1 aliphatic carbocycles. The number of carbonyl (C=O) groups excluding carboxylic acids is 2. The third-order valence-corrected chi connectivity index (χ3v) is 6.47. The molecule has 34 heavy (non-hydrogen) atoms. The molecule has 0 amide bonds. The monoisotopic (exact) mass is 454 g/mol. The van der Waals surface area contributed by atoms with Crippen molar-refractivity contribution in [2.45, 2.75) is 12.5 Å². The predicted molar refractivity (Wildman–Crippen MR) is 124 cm³/mol. The Balaban J connectivity index is 1.80. The maximum atomic E-state index is 14.2. The topological polar surface area (TPSA) is 118 Å². The Hall–Kier alpha value is -4.66. The molecule has 0 saturated carbocycles. The summed E-state index contributed by atoms with van der Waals surface area (Å²) in [6.07, 6.45) is 0. The zero-order chi connectivity index (χ0) is 23.8. The number of ketones is 1. The summed E-state index contributed by atoms with van der Waals surface area (Å²) in [5.41, 5.74) is 3.64. The maximum absolute atomic E-state index is 14.2. The first-order valence-corrected chi connectivity index (χ1v) is 10.7. The lowest BCUT2D eigenvalue weighted by Crippen LogP contribution is -2.48. The molecule has 0 fully saturated rings. The molecule has 1 aromatic heterocycles. The Kier molecular flexibility index (Phi) is 3.92. The predicted octanol–water partition coefficient (Wildman–Crippen LogP) is 1.60. The first-order valence-electron chi connectivity index (χ1n) is 10.7. The number of rotatable bonds is 3. The molecule has 0 bridgehead atoms. The first-order chi connectivity index (χ1) is 16.4. The first kappa shape index (κ1) is 20.0. The van der Waals surface area contributed by atoms with Crippen LogP contribution in [0.3, 0.4) is 0 Å². The minimum absolute atomic E-state index is 0.0229. The van der Waals surface area contributed by atoms with Crippen LogP contribution in [-0.2, 0) is 15.1 Å². The highest BCUT2D eigenvalue weighted by Crippen LogP contribution is 2.50. The van der Waals surface area contributed by atoms with Gasteiger partial charge in [-0.2, -0.15) is 4.68 Å². The molecule has 9 nitrogen and oxygen atoms in total. The SMILES string of the molecule is CCOC(=O)C1=C(N)n2c(=O)n(-c3ccccc3)c(=O)n2C12C(=O)c1cccc3cccc2c13. The van der Waals surface area contributed by atoms with Crippen LogP contribution < -0.4 is 17.1 Å². The second-order valence-electron chi connectivity index (χ2n) is 8.09. The molecule has 1 aliphatic heterocycles. The molecule has 2 aliphatic rings. The number of nitrogens with zero attached hydrogens (tertiary/aromatic N) is 3. The van der Waals surface area contributed by atoms with Gasteiger partial charge >= 0.3 is 17.3 Å². The fourth-order valence-electron chi connectivity index (χ4n) is 5.20. The van der Waals surface area contributed by atoms with Crippen LogP contribution in [0, 0.1) is 0 Å². The van der Waals surface area contributed by atoms with Crippen molar-refractivity contribution in [1.82, 2.24) is 13.9 Å². The van der Waals surface area contributed by atoms with Gasteiger partial charge in [-0.25, -0.2) is 23.6 Å². The molecule has 4 aromatic rings. The van der Waals surface area contributed by atoms with E-state index in [9.17, 15) is 19.2 Å². The number of ether oxygens (including phenoxy) is 1. The van der Waals surface area contributed by atoms with E-state index in [0.29, 0.717) is 22.2 Å². The molecule has 1 atom stereocenters. The molecule has 1 unspecified atom stereocenters. The van der Waals surface area contributed by atoms with Crippen LogP contribution in [0.5, 0.6) is 0 Å². The van der Waals surface area contributed by atoms with Crippen molar-refractivity contribution in [3.8, 4) is 5.69 Å². The number of Topliss-reactive ketones (excluding diaryl/α,β-unsaturated/α-hetero) is 1. The smallest absolute Gasteiger partial charge is 0.358 e. The summed E-state index contributed by atoms with van der Waals surface area (Å²) >= 11 is 0. The Morgan fingerprint density at radius 2 is 1.65 bits per heavy atom. The lowest BCUT2D eigenvalue weighted by atomic mass is 9.82. The van der Waals surface area contributed by atoms with Crippen LogP contribution in [0.2, 0.25) is 0 Å². The van der Waals surface area contributed by atoms with Crippen LogP contribution in [-0.4, -0.2) is 32.3 Å². The van der Waals surface area contributed by atoms with Gasteiger partial charge in [-0.05, 0) is 29.8 Å². The van der Waals surface area contributed by atoms with E-state index in [-0.39, 0.29) is 18.0 Å². The van der Waals surface area contributed by atoms with Gasteiger partial charge in [0, 0.05) is 11.1 Å². The zero-order valence-electron chi connectivity index (χ0n) is 18.0. The molecule has 2 N–H and O–H groups in total. The standard InChI is InChI=1S/C25H18N4O5/c1-2-34-22(31)19-21(26)28-23(32)27(15-10-4-3-5-11-15)24(33)29(28)25(19)17-13-7-9-14-8-6-12-16(18(14)17)20(25)30/h3-13H,2,26H2,1H3. The van der Waals surface area contributed by atoms with E-state index in [1.807, 2.05) is 12.1 Å². The summed E-state index contributed by atoms with van der Waals surface area (Å²) in [5.74, 6) is -1.70. The zero-order valence-corrected chi connectivity index (χ0v) is 18.0. The van der Waals surface area contributed by atoms with Crippen molar-refractivity contribution in [3.63, 3.8) is 0 Å². The van der Waals surface area contributed by atoms with Gasteiger partial charge in [0.15, 0.2) is 5.54 Å². The average Bonchev–Trinajstić information content (AvgIpc) is 3.37. The fraction of sp³-hybridized carbons (Fsp3) is 0.120. The van der Waals surface area contributed by atoms with E-state index in [0.717, 1.165) is 19.3 Å². The Labute approximate surface area is 191 Å². The summed E-state index contributed by atoms with van der Waals surface area (Å²) in [5, 5.41) is 1.36. The van der Waals surface area contributed by atoms with Crippen LogP contribution in [0.15, 0.2) is 81.9 Å². The summed E-state index contributed by atoms with van der Waals surface area (Å²) in [7, 11) is 0.